The fraction of sp³-hybridized carbons (Fsp3) is 0.762. The molecule has 2 saturated carbocycles. The standard InChI is InChI=1S/C21H30FN3O3/c1-13(2)28-20(26)25-14(3)4-5-17(25)12-27-18-6-7-21(9-15(21)8-18)19-23-10-16(22)11-24-19/h10-11,13-15,17-18H,4-9,12H2,1-3H3/t14?,15-,17?,18+,21-/m1/s1. The molecule has 6 nitrogen and oxygen atoms in total. The van der Waals surface area contributed by atoms with Crippen molar-refractivity contribution >= 4 is 6.09 Å². The van der Waals surface area contributed by atoms with Crippen molar-refractivity contribution in [2.75, 3.05) is 6.61 Å². The first-order valence-corrected chi connectivity index (χ1v) is 10.5. The number of hydrogen-bond donors (Lipinski definition) is 0. The largest absolute Gasteiger partial charge is 0.447 e. The van der Waals surface area contributed by atoms with Crippen LogP contribution in [-0.4, -0.2) is 51.9 Å². The predicted octanol–water partition coefficient (Wildman–Crippen LogP) is 3.84. The zero-order valence-electron chi connectivity index (χ0n) is 16.9. The Morgan fingerprint density at radius 3 is 2.75 bits per heavy atom. The fourth-order valence-corrected chi connectivity index (χ4v) is 5.03. The number of amides is 1. The third-order valence-corrected chi connectivity index (χ3v) is 6.62. The number of fused-ring (bicyclic) bond motifs is 1. The SMILES string of the molecule is CC(C)OC(=O)N1C(C)CCC1CO[C@H]1CC[C@@]2(c3ncc(F)cn3)C[C@H]2C1. The minimum Gasteiger partial charge on any atom is -0.447 e. The Morgan fingerprint density at radius 1 is 1.32 bits per heavy atom. The van der Waals surface area contributed by atoms with E-state index in [0.717, 1.165) is 44.3 Å². The first kappa shape index (κ1) is 19.6. The second-order valence-corrected chi connectivity index (χ2v) is 8.93. The van der Waals surface area contributed by atoms with Gasteiger partial charge < -0.3 is 14.4 Å². The van der Waals surface area contributed by atoms with Crippen LogP contribution in [0.4, 0.5) is 9.18 Å². The zero-order chi connectivity index (χ0) is 19.9. The smallest absolute Gasteiger partial charge is 0.410 e. The lowest BCUT2D eigenvalue weighted by molar-refractivity contribution is -0.0120. The Balaban J connectivity index is 1.30. The van der Waals surface area contributed by atoms with Gasteiger partial charge in [-0.3, -0.25) is 0 Å². The van der Waals surface area contributed by atoms with Crippen molar-refractivity contribution in [2.24, 2.45) is 5.92 Å². The van der Waals surface area contributed by atoms with Crippen LogP contribution >= 0.6 is 0 Å². The van der Waals surface area contributed by atoms with E-state index in [2.05, 4.69) is 16.9 Å². The van der Waals surface area contributed by atoms with Crippen LogP contribution in [-0.2, 0) is 14.9 Å². The molecule has 7 heteroatoms. The summed E-state index contributed by atoms with van der Waals surface area (Å²) < 4.78 is 24.8. The van der Waals surface area contributed by atoms with Crippen molar-refractivity contribution in [3.05, 3.63) is 24.0 Å². The van der Waals surface area contributed by atoms with Gasteiger partial charge in [-0.2, -0.15) is 0 Å². The molecule has 0 bridgehead atoms. The molecule has 0 radical (unpaired) electrons. The van der Waals surface area contributed by atoms with Gasteiger partial charge in [-0.1, -0.05) is 0 Å². The van der Waals surface area contributed by atoms with Crippen LogP contribution in [0.2, 0.25) is 0 Å². The Morgan fingerprint density at radius 2 is 2.07 bits per heavy atom. The minimum absolute atomic E-state index is 0.0303. The van der Waals surface area contributed by atoms with Crippen LogP contribution in [0.1, 0.15) is 65.1 Å². The molecule has 5 atom stereocenters. The van der Waals surface area contributed by atoms with Gasteiger partial charge in [0.05, 0.1) is 37.3 Å². The molecule has 1 aromatic rings. The van der Waals surface area contributed by atoms with E-state index in [1.54, 1.807) is 0 Å². The van der Waals surface area contributed by atoms with Crippen molar-refractivity contribution in [3.63, 3.8) is 0 Å². The Labute approximate surface area is 165 Å². The molecule has 2 aliphatic carbocycles. The number of halogens is 1. The first-order valence-electron chi connectivity index (χ1n) is 10.5. The van der Waals surface area contributed by atoms with Crippen LogP contribution in [0.25, 0.3) is 0 Å². The summed E-state index contributed by atoms with van der Waals surface area (Å²) in [5.74, 6) is 0.909. The average Bonchev–Trinajstić information content (AvgIpc) is 3.27. The molecule has 0 spiro atoms. The van der Waals surface area contributed by atoms with Crippen molar-refractivity contribution < 1.29 is 18.7 Å². The molecule has 154 valence electrons. The van der Waals surface area contributed by atoms with Crippen molar-refractivity contribution in [1.82, 2.24) is 14.9 Å². The molecule has 1 saturated heterocycles. The predicted molar refractivity (Wildman–Crippen MR) is 101 cm³/mol. The van der Waals surface area contributed by atoms with Gasteiger partial charge in [0, 0.05) is 11.5 Å². The van der Waals surface area contributed by atoms with Gasteiger partial charge in [-0.25, -0.2) is 19.2 Å². The summed E-state index contributed by atoms with van der Waals surface area (Å²) in [6.45, 7) is 6.39. The molecule has 2 heterocycles. The van der Waals surface area contributed by atoms with Crippen LogP contribution in [0.15, 0.2) is 12.4 Å². The summed E-state index contributed by atoms with van der Waals surface area (Å²) in [7, 11) is 0. The van der Waals surface area contributed by atoms with Gasteiger partial charge in [-0.05, 0) is 65.2 Å². The number of rotatable bonds is 5. The molecular weight excluding hydrogens is 361 g/mol. The third kappa shape index (κ3) is 3.73. The van der Waals surface area contributed by atoms with Gasteiger partial charge in [0.2, 0.25) is 0 Å². The summed E-state index contributed by atoms with van der Waals surface area (Å²) in [6.07, 6.45) is 8.32. The lowest BCUT2D eigenvalue weighted by atomic mass is 9.86. The van der Waals surface area contributed by atoms with Crippen LogP contribution in [0.5, 0.6) is 0 Å². The molecule has 4 rings (SSSR count). The summed E-state index contributed by atoms with van der Waals surface area (Å²) in [4.78, 5) is 22.7. The average molecular weight is 391 g/mol. The van der Waals surface area contributed by atoms with Crippen molar-refractivity contribution in [1.29, 1.82) is 0 Å². The second-order valence-electron chi connectivity index (χ2n) is 8.93. The highest BCUT2D eigenvalue weighted by atomic mass is 19.1. The normalized spacial score (nSPS) is 34.4. The highest BCUT2D eigenvalue weighted by Crippen LogP contribution is 2.61. The fourth-order valence-electron chi connectivity index (χ4n) is 5.03. The lowest BCUT2D eigenvalue weighted by Crippen LogP contribution is -2.44. The van der Waals surface area contributed by atoms with E-state index >= 15 is 0 Å². The van der Waals surface area contributed by atoms with Crippen molar-refractivity contribution in [2.45, 2.75) is 89.0 Å². The van der Waals surface area contributed by atoms with Gasteiger partial charge in [-0.15, -0.1) is 0 Å². The number of aromatic nitrogens is 2. The van der Waals surface area contributed by atoms with E-state index in [-0.39, 0.29) is 41.6 Å². The van der Waals surface area contributed by atoms with Gasteiger partial charge in [0.25, 0.3) is 0 Å². The summed E-state index contributed by atoms with van der Waals surface area (Å²) in [5, 5.41) is 0. The van der Waals surface area contributed by atoms with E-state index in [1.807, 2.05) is 18.7 Å². The molecule has 28 heavy (non-hydrogen) atoms. The number of nitrogens with zero attached hydrogens (tertiary/aromatic N) is 3. The molecule has 0 aromatic carbocycles. The molecule has 3 fully saturated rings. The number of carbonyl (C=O) groups is 1. The zero-order valence-corrected chi connectivity index (χ0v) is 16.9. The number of likely N-dealkylation sites (tertiary alicyclic amines) is 1. The number of carbonyl (C=O) groups excluding carboxylic acids is 1. The van der Waals surface area contributed by atoms with E-state index in [4.69, 9.17) is 9.47 Å². The first-order chi connectivity index (χ1) is 13.4. The van der Waals surface area contributed by atoms with Gasteiger partial charge in [0.1, 0.15) is 5.82 Å². The minimum atomic E-state index is -0.388. The topological polar surface area (TPSA) is 64.5 Å². The summed E-state index contributed by atoms with van der Waals surface area (Å²) >= 11 is 0. The Hall–Kier alpha value is -1.76. The Kier molecular flexibility index (Phi) is 5.29. The number of hydrogen-bond acceptors (Lipinski definition) is 5. The van der Waals surface area contributed by atoms with Crippen LogP contribution < -0.4 is 0 Å². The molecule has 1 aliphatic heterocycles. The molecule has 0 N–H and O–H groups in total. The van der Waals surface area contributed by atoms with E-state index < -0.39 is 0 Å². The molecule has 1 amide bonds. The molecule has 1 aromatic heterocycles. The lowest BCUT2D eigenvalue weighted by Gasteiger charge is -2.31. The summed E-state index contributed by atoms with van der Waals surface area (Å²) in [6, 6.07) is 0.283. The van der Waals surface area contributed by atoms with Crippen molar-refractivity contribution in [3.8, 4) is 0 Å². The molecule has 3 aliphatic rings. The third-order valence-electron chi connectivity index (χ3n) is 6.62. The highest BCUT2D eigenvalue weighted by molar-refractivity contribution is 5.69. The maximum absolute atomic E-state index is 13.1. The summed E-state index contributed by atoms with van der Waals surface area (Å²) in [5.41, 5.74) is 0.0303. The van der Waals surface area contributed by atoms with Gasteiger partial charge in [0.15, 0.2) is 5.82 Å². The molecular formula is C21H30FN3O3. The maximum atomic E-state index is 13.1. The van der Waals surface area contributed by atoms with Gasteiger partial charge >= 0.3 is 6.09 Å². The van der Waals surface area contributed by atoms with E-state index in [0.29, 0.717) is 12.5 Å². The van der Waals surface area contributed by atoms with E-state index in [1.165, 1.54) is 12.4 Å². The van der Waals surface area contributed by atoms with Crippen LogP contribution in [0, 0.1) is 11.7 Å². The highest BCUT2D eigenvalue weighted by Gasteiger charge is 2.60. The maximum Gasteiger partial charge on any atom is 0.410 e. The van der Waals surface area contributed by atoms with Crippen LogP contribution in [0.3, 0.4) is 0 Å². The number of ether oxygens (including phenoxy) is 2. The second kappa shape index (κ2) is 7.58. The Bertz CT molecular complexity index is 713. The molecule has 2 unspecified atom stereocenters. The van der Waals surface area contributed by atoms with E-state index in [9.17, 15) is 9.18 Å². The quantitative estimate of drug-likeness (QED) is 0.763. The monoisotopic (exact) mass is 391 g/mol.